The third-order valence-electron chi connectivity index (χ3n) is 14.2. The molecule has 0 unspecified atom stereocenters. The van der Waals surface area contributed by atoms with Crippen LogP contribution in [0.15, 0.2) is 4.99 Å². The smallest absolute Gasteiger partial charge is 0.326 e. The van der Waals surface area contributed by atoms with Crippen molar-refractivity contribution in [2.75, 3.05) is 39.4 Å². The van der Waals surface area contributed by atoms with Crippen molar-refractivity contribution < 1.29 is 78.0 Å². The van der Waals surface area contributed by atoms with Crippen LogP contribution in [-0.4, -0.2) is 215 Å². The molecule has 0 spiro atoms. The van der Waals surface area contributed by atoms with E-state index in [0.717, 1.165) is 13.3 Å². The lowest BCUT2D eigenvalue weighted by Gasteiger charge is -2.29. The quantitative estimate of drug-likeness (QED) is 0.0153. The Morgan fingerprint density at radius 3 is 1.30 bits per heavy atom. The number of unbranched alkanes of at least 4 members (excludes halogenated alkanes) is 2. The zero-order chi connectivity index (χ0) is 67.7. The van der Waals surface area contributed by atoms with Crippen LogP contribution in [0.3, 0.4) is 0 Å². The van der Waals surface area contributed by atoms with Gasteiger partial charge in [0.05, 0.1) is 25.4 Å². The van der Waals surface area contributed by atoms with Crippen molar-refractivity contribution >= 4 is 76.9 Å². The fourth-order valence-electron chi connectivity index (χ4n) is 9.13. The first-order valence-electron chi connectivity index (χ1n) is 30.5. The van der Waals surface area contributed by atoms with Gasteiger partial charge in [-0.15, -0.1) is 0 Å². The van der Waals surface area contributed by atoms with Gasteiger partial charge in [-0.25, -0.2) is 4.79 Å². The Morgan fingerprint density at radius 2 is 0.854 bits per heavy atom. The summed E-state index contributed by atoms with van der Waals surface area (Å²) < 4.78 is 0. The summed E-state index contributed by atoms with van der Waals surface area (Å²) in [7, 11) is 0. The molecule has 0 radical (unpaired) electrons. The summed E-state index contributed by atoms with van der Waals surface area (Å²) in [6, 6.07) is -16.2. The fourth-order valence-corrected chi connectivity index (χ4v) is 9.13. The van der Waals surface area contributed by atoms with Crippen LogP contribution < -0.4 is 86.7 Å². The van der Waals surface area contributed by atoms with Gasteiger partial charge in [-0.3, -0.25) is 57.7 Å². The van der Waals surface area contributed by atoms with Crippen LogP contribution in [-0.2, 0) is 57.5 Å². The predicted octanol–water partition coefficient (Wildman–Crippen LogP) is -6.38. The van der Waals surface area contributed by atoms with E-state index in [2.05, 4.69) is 68.8 Å². The molecule has 33 nitrogen and oxygen atoms in total. The number of hydrogen-bond acceptors (Lipinski definition) is 19. The number of carboxylic acid groups (broad SMARTS) is 1. The van der Waals surface area contributed by atoms with Gasteiger partial charge < -0.3 is 107 Å². The van der Waals surface area contributed by atoms with Crippen LogP contribution >= 0.6 is 0 Å². The summed E-state index contributed by atoms with van der Waals surface area (Å²) in [4.78, 5) is 165. The molecule has 1 heterocycles. The van der Waals surface area contributed by atoms with Gasteiger partial charge >= 0.3 is 5.97 Å². The summed E-state index contributed by atoms with van der Waals surface area (Å²) >= 11 is 0. The number of aliphatic hydroxyl groups excluding tert-OH is 3. The van der Waals surface area contributed by atoms with Gasteiger partial charge in [-0.2, -0.15) is 0 Å². The van der Waals surface area contributed by atoms with Crippen molar-refractivity contribution in [3.63, 3.8) is 0 Å². The van der Waals surface area contributed by atoms with Gasteiger partial charge in [0.25, 0.3) is 0 Å². The second-order valence-electron chi connectivity index (χ2n) is 23.5. The van der Waals surface area contributed by atoms with Crippen molar-refractivity contribution in [3.8, 4) is 0 Å². The molecule has 13 atom stereocenters. The Hall–Kier alpha value is -7.33. The Labute approximate surface area is 520 Å². The van der Waals surface area contributed by atoms with E-state index in [0.29, 0.717) is 51.7 Å². The van der Waals surface area contributed by atoms with Crippen molar-refractivity contribution in [1.29, 1.82) is 0 Å². The molecule has 1 fully saturated rings. The number of aliphatic carboxylic acids is 1. The lowest BCUT2D eigenvalue weighted by molar-refractivity contribution is -0.142. The Balaban J connectivity index is 3.24. The van der Waals surface area contributed by atoms with Crippen LogP contribution in [0.4, 0.5) is 0 Å². The number of guanidine groups is 1. The van der Waals surface area contributed by atoms with Crippen molar-refractivity contribution in [3.05, 3.63) is 0 Å². The van der Waals surface area contributed by atoms with Crippen molar-refractivity contribution in [1.82, 2.24) is 63.8 Å². The third kappa shape index (κ3) is 30.2. The number of carbonyl (C=O) groups is 12. The maximum absolute atomic E-state index is 14.0. The van der Waals surface area contributed by atoms with E-state index in [1.807, 2.05) is 13.8 Å². The summed E-state index contributed by atoms with van der Waals surface area (Å²) in [5.41, 5.74) is 22.1. The number of rotatable bonds is 43. The second kappa shape index (κ2) is 41.8. The SMILES string of the molecule is CC(C)C[C@H](NC(=O)[C@@H]1CCCN1)C(=O)N[C@@H](CO)C(=O)N[C@@H](CCCN=C(N)N)C(=O)N[C@H](C(=O)N[C@@H](CC(C)C)C(=O)N[C@@H](CO)C(=O)N[C@H](C(=O)N[C@@H](C)C(=O)N[C@@H](C)C(=O)N[C@@H](CCCCN)C(=O)N[C@@H](CCCCN)C(=O)O)C(C)C)[C@@H](C)O. The highest BCUT2D eigenvalue weighted by Crippen LogP contribution is 2.13. The van der Waals surface area contributed by atoms with E-state index in [-0.39, 0.29) is 62.9 Å². The zero-order valence-corrected chi connectivity index (χ0v) is 52.9. The Kier molecular flexibility index (Phi) is 37.4. The molecule has 1 saturated heterocycles. The highest BCUT2D eigenvalue weighted by molar-refractivity contribution is 5.99. The topological polar surface area (TPSA) is 547 Å². The van der Waals surface area contributed by atoms with Crippen molar-refractivity contribution in [2.24, 2.45) is 45.7 Å². The van der Waals surface area contributed by atoms with Gasteiger partial charge in [-0.1, -0.05) is 41.5 Å². The zero-order valence-electron chi connectivity index (χ0n) is 52.9. The number of nitrogens with two attached hydrogens (primary N) is 4. The van der Waals surface area contributed by atoms with E-state index < -0.39 is 169 Å². The van der Waals surface area contributed by atoms with Crippen LogP contribution in [0.5, 0.6) is 0 Å². The van der Waals surface area contributed by atoms with E-state index in [9.17, 15) is 78.0 Å². The number of aliphatic imine (C=N–C) groups is 1. The molecule has 0 aromatic rings. The minimum atomic E-state index is -1.81. The molecule has 1 aliphatic rings. The molecule has 0 aromatic carbocycles. The van der Waals surface area contributed by atoms with Gasteiger partial charge in [0.15, 0.2) is 5.96 Å². The predicted molar refractivity (Wildman–Crippen MR) is 327 cm³/mol. The van der Waals surface area contributed by atoms with E-state index in [4.69, 9.17) is 22.9 Å². The van der Waals surface area contributed by atoms with Gasteiger partial charge in [0.1, 0.15) is 66.5 Å². The number of nitrogens with zero attached hydrogens (tertiary/aromatic N) is 1. The Morgan fingerprint density at radius 1 is 0.472 bits per heavy atom. The molecule has 0 bridgehead atoms. The normalized spacial score (nSPS) is 17.0. The van der Waals surface area contributed by atoms with Crippen LogP contribution in [0.1, 0.15) is 139 Å². The molecule has 33 heteroatoms. The highest BCUT2D eigenvalue weighted by Gasteiger charge is 2.38. The standard InChI is InChI=1S/C56H103N17O16/c1-28(2)24-38(68-46(79)34-18-14-22-61-34)49(82)70-40(26-74)51(84)66-36(19-15-23-62-56(59)60)48(81)73-43(33(9)76)54(87)69-39(25-29(3)4)50(83)71-41(27-75)52(85)72-42(30(5)6)53(86)64-31(7)44(77)63-32(8)45(78)65-35(16-10-12-20-57)47(80)67-37(55(88)89)17-11-13-21-58/h28-43,61,74-76H,10-27,57-58H2,1-9H3,(H,63,77)(H,64,86)(H,65,78)(H,66,84)(H,67,80)(H,68,79)(H,69,87)(H,70,82)(H,71,83)(H,72,85)(H,73,81)(H,88,89)(H4,59,60,62)/t31-,32-,33+,34-,35-,36-,37-,38-,39-,40-,41-,42-,43-/m0/s1. The summed E-state index contributed by atoms with van der Waals surface area (Å²) in [5, 5.41) is 71.4. The first kappa shape index (κ1) is 79.7. The average molecular weight is 1270 g/mol. The summed E-state index contributed by atoms with van der Waals surface area (Å²) in [6.45, 7) is 13.2. The maximum atomic E-state index is 14.0. The van der Waals surface area contributed by atoms with Gasteiger partial charge in [0, 0.05) is 6.54 Å². The van der Waals surface area contributed by atoms with E-state index in [1.54, 1.807) is 27.7 Å². The minimum Gasteiger partial charge on any atom is -0.480 e. The van der Waals surface area contributed by atoms with Crippen LogP contribution in [0.2, 0.25) is 0 Å². The summed E-state index contributed by atoms with van der Waals surface area (Å²) in [5.74, 6) is -12.4. The van der Waals surface area contributed by atoms with Gasteiger partial charge in [0.2, 0.25) is 65.0 Å². The number of carbonyl (C=O) groups excluding carboxylic acids is 11. The molecule has 0 aromatic heterocycles. The number of nitrogens with one attached hydrogen (secondary N) is 12. The molecular weight excluding hydrogens is 1170 g/mol. The highest BCUT2D eigenvalue weighted by atomic mass is 16.4. The average Bonchev–Trinajstić information content (AvgIpc) is 2.65. The van der Waals surface area contributed by atoms with Crippen LogP contribution in [0.25, 0.3) is 0 Å². The van der Waals surface area contributed by atoms with E-state index >= 15 is 0 Å². The molecule has 1 aliphatic heterocycles. The second-order valence-corrected chi connectivity index (χ2v) is 23.5. The Bertz CT molecular complexity index is 2350. The minimum absolute atomic E-state index is 0.0264. The van der Waals surface area contributed by atoms with Crippen LogP contribution in [0, 0.1) is 17.8 Å². The molecule has 508 valence electrons. The van der Waals surface area contributed by atoms with Crippen molar-refractivity contribution in [2.45, 2.75) is 218 Å². The summed E-state index contributed by atoms with van der Waals surface area (Å²) in [6.07, 6.45) is 1.67. The number of aliphatic hydroxyl groups is 3. The molecular formula is C56H103N17O16. The molecule has 1 rings (SSSR count). The maximum Gasteiger partial charge on any atom is 0.326 e. The monoisotopic (exact) mass is 1270 g/mol. The fraction of sp³-hybridized carbons (Fsp3) is 0.768. The van der Waals surface area contributed by atoms with E-state index in [1.165, 1.54) is 13.8 Å². The molecule has 11 amide bonds. The molecule has 0 aliphatic carbocycles. The molecule has 89 heavy (non-hydrogen) atoms. The lowest BCUT2D eigenvalue weighted by Crippen LogP contribution is -2.62. The number of amides is 11. The lowest BCUT2D eigenvalue weighted by atomic mass is 10.0. The largest absolute Gasteiger partial charge is 0.480 e. The molecule has 0 saturated carbocycles. The first-order valence-corrected chi connectivity index (χ1v) is 30.5. The van der Waals surface area contributed by atoms with Gasteiger partial charge in [-0.05, 0) is 135 Å². The third-order valence-corrected chi connectivity index (χ3v) is 14.2. The number of hydrogen-bond donors (Lipinski definition) is 20. The number of carboxylic acids is 1. The molecule has 24 N–H and O–H groups in total. The first-order chi connectivity index (χ1) is 41.8.